The van der Waals surface area contributed by atoms with Crippen LogP contribution in [-0.2, 0) is 5.75 Å². The van der Waals surface area contributed by atoms with Crippen LogP contribution in [0.25, 0.3) is 11.4 Å². The fraction of sp³-hybridized carbons (Fsp3) is 0.167. The monoisotopic (exact) mass is 369 g/mol. The molecule has 3 N–H and O–H groups in total. The van der Waals surface area contributed by atoms with Gasteiger partial charge in [-0.05, 0) is 29.8 Å². The van der Waals surface area contributed by atoms with Crippen molar-refractivity contribution < 1.29 is 9.53 Å². The van der Waals surface area contributed by atoms with Gasteiger partial charge in [0.2, 0.25) is 5.16 Å². The van der Waals surface area contributed by atoms with Crippen LogP contribution in [0.2, 0.25) is 0 Å². The predicted octanol–water partition coefficient (Wildman–Crippen LogP) is 2.32. The number of benzene rings is 2. The number of amides is 1. The molecule has 0 fully saturated rings. The smallest absolute Gasteiger partial charge is 0.251 e. The highest BCUT2D eigenvalue weighted by atomic mass is 32.2. The van der Waals surface area contributed by atoms with Crippen LogP contribution in [0.3, 0.4) is 0 Å². The fourth-order valence-corrected chi connectivity index (χ4v) is 3.28. The number of hydrogen-bond acceptors (Lipinski definition) is 6. The lowest BCUT2D eigenvalue weighted by Gasteiger charge is -2.08. The number of hydrogen-bond donors (Lipinski definition) is 2. The van der Waals surface area contributed by atoms with Gasteiger partial charge in [-0.3, -0.25) is 4.79 Å². The molecular formula is C18H19N5O2S. The molecule has 8 heteroatoms. The summed E-state index contributed by atoms with van der Waals surface area (Å²) in [6.07, 6.45) is 0. The van der Waals surface area contributed by atoms with Gasteiger partial charge in [-0.2, -0.15) is 0 Å². The number of thioether (sulfide) groups is 1. The largest absolute Gasteiger partial charge is 0.496 e. The van der Waals surface area contributed by atoms with Crippen LogP contribution in [0.5, 0.6) is 5.75 Å². The minimum Gasteiger partial charge on any atom is -0.496 e. The van der Waals surface area contributed by atoms with Crippen molar-refractivity contribution in [2.45, 2.75) is 10.9 Å². The summed E-state index contributed by atoms with van der Waals surface area (Å²) in [6, 6.07) is 14.9. The van der Waals surface area contributed by atoms with E-state index >= 15 is 0 Å². The van der Waals surface area contributed by atoms with Crippen LogP contribution >= 0.6 is 11.8 Å². The topological polar surface area (TPSA) is 95.1 Å². The average Bonchev–Trinajstić information content (AvgIpc) is 3.06. The summed E-state index contributed by atoms with van der Waals surface area (Å²) >= 11 is 1.45. The number of ether oxygens (including phenoxy) is 1. The van der Waals surface area contributed by atoms with E-state index in [-0.39, 0.29) is 5.91 Å². The van der Waals surface area contributed by atoms with E-state index in [1.165, 1.54) is 16.4 Å². The Hall–Kier alpha value is -3.00. The van der Waals surface area contributed by atoms with Crippen molar-refractivity contribution in [3.63, 3.8) is 0 Å². The number of nitrogens with two attached hydrogens (primary N) is 1. The number of nitrogens with zero attached hydrogens (tertiary/aromatic N) is 3. The third-order valence-corrected chi connectivity index (χ3v) is 4.81. The van der Waals surface area contributed by atoms with Crippen LogP contribution in [0, 0.1) is 0 Å². The van der Waals surface area contributed by atoms with Crippen molar-refractivity contribution in [1.29, 1.82) is 0 Å². The highest BCUT2D eigenvalue weighted by Gasteiger charge is 2.15. The standard InChI is InChI=1S/C18H19N5O2S/c1-20-17(24)13-7-5-6-12(10-13)11-26-18-22-21-16(23(18)19)14-8-3-4-9-15(14)25-2/h3-10H,11,19H2,1-2H3,(H,20,24). The molecule has 3 rings (SSSR count). The van der Waals surface area contributed by atoms with Gasteiger partial charge in [0, 0.05) is 18.4 Å². The molecule has 0 bridgehead atoms. The number of methoxy groups -OCH3 is 1. The third-order valence-electron chi connectivity index (χ3n) is 3.80. The Morgan fingerprint density at radius 2 is 2.04 bits per heavy atom. The predicted molar refractivity (Wildman–Crippen MR) is 102 cm³/mol. The number of nitrogen functional groups attached to an aromatic ring is 1. The molecule has 0 spiro atoms. The summed E-state index contributed by atoms with van der Waals surface area (Å²) in [4.78, 5) is 11.7. The molecule has 1 amide bonds. The van der Waals surface area contributed by atoms with E-state index < -0.39 is 0 Å². The summed E-state index contributed by atoms with van der Waals surface area (Å²) in [5.41, 5.74) is 2.39. The van der Waals surface area contributed by atoms with Gasteiger partial charge in [0.1, 0.15) is 5.75 Å². The second-order valence-electron chi connectivity index (χ2n) is 5.44. The Morgan fingerprint density at radius 1 is 1.23 bits per heavy atom. The van der Waals surface area contributed by atoms with Gasteiger partial charge >= 0.3 is 0 Å². The molecule has 0 aliphatic heterocycles. The maximum absolute atomic E-state index is 11.7. The molecule has 0 radical (unpaired) electrons. The highest BCUT2D eigenvalue weighted by molar-refractivity contribution is 7.98. The van der Waals surface area contributed by atoms with Crippen molar-refractivity contribution in [3.8, 4) is 17.1 Å². The minimum absolute atomic E-state index is 0.114. The number of aromatic nitrogens is 3. The summed E-state index contributed by atoms with van der Waals surface area (Å²) in [5, 5.41) is 11.6. The van der Waals surface area contributed by atoms with Crippen molar-refractivity contribution in [3.05, 3.63) is 59.7 Å². The molecule has 0 saturated heterocycles. The lowest BCUT2D eigenvalue weighted by atomic mass is 10.1. The normalized spacial score (nSPS) is 10.5. The third kappa shape index (κ3) is 3.65. The van der Waals surface area contributed by atoms with Crippen molar-refractivity contribution in [2.75, 3.05) is 20.0 Å². The second-order valence-corrected chi connectivity index (χ2v) is 6.39. The molecule has 3 aromatic rings. The molecule has 26 heavy (non-hydrogen) atoms. The zero-order chi connectivity index (χ0) is 18.5. The molecule has 134 valence electrons. The van der Waals surface area contributed by atoms with Crippen molar-refractivity contribution in [1.82, 2.24) is 20.2 Å². The fourth-order valence-electron chi connectivity index (χ4n) is 2.48. The zero-order valence-corrected chi connectivity index (χ0v) is 15.3. The first-order chi connectivity index (χ1) is 12.6. The molecule has 0 saturated carbocycles. The lowest BCUT2D eigenvalue weighted by Crippen LogP contribution is -2.17. The molecule has 0 unspecified atom stereocenters. The van der Waals surface area contributed by atoms with Crippen molar-refractivity contribution >= 4 is 17.7 Å². The van der Waals surface area contributed by atoms with Crippen LogP contribution < -0.4 is 15.9 Å². The molecule has 0 aliphatic carbocycles. The van der Waals surface area contributed by atoms with Crippen LogP contribution in [0.15, 0.2) is 53.7 Å². The van der Waals surface area contributed by atoms with Crippen molar-refractivity contribution in [2.24, 2.45) is 0 Å². The SMILES string of the molecule is CNC(=O)c1cccc(CSc2nnc(-c3ccccc3OC)n2N)c1. The summed E-state index contributed by atoms with van der Waals surface area (Å²) in [5.74, 6) is 7.89. The van der Waals surface area contributed by atoms with Gasteiger partial charge in [-0.25, -0.2) is 4.68 Å². The van der Waals surface area contributed by atoms with Crippen LogP contribution in [0.1, 0.15) is 15.9 Å². The van der Waals surface area contributed by atoms with E-state index in [0.717, 1.165) is 11.1 Å². The van der Waals surface area contributed by atoms with Gasteiger partial charge in [0.05, 0.1) is 12.7 Å². The van der Waals surface area contributed by atoms with Gasteiger partial charge in [0.15, 0.2) is 5.82 Å². The minimum atomic E-state index is -0.114. The summed E-state index contributed by atoms with van der Waals surface area (Å²) in [7, 11) is 3.21. The van der Waals surface area contributed by atoms with E-state index in [2.05, 4.69) is 15.5 Å². The molecule has 0 aliphatic rings. The first-order valence-corrected chi connectivity index (χ1v) is 8.90. The van der Waals surface area contributed by atoms with E-state index in [9.17, 15) is 4.79 Å². The number of nitrogens with one attached hydrogen (secondary N) is 1. The molecule has 0 atom stereocenters. The number of para-hydroxylation sites is 1. The number of carbonyl (C=O) groups is 1. The molecule has 2 aromatic carbocycles. The number of rotatable bonds is 6. The summed E-state index contributed by atoms with van der Waals surface area (Å²) in [6.45, 7) is 0. The molecular weight excluding hydrogens is 350 g/mol. The van der Waals surface area contributed by atoms with Gasteiger partial charge in [-0.1, -0.05) is 36.0 Å². The average molecular weight is 369 g/mol. The Balaban J connectivity index is 1.78. The van der Waals surface area contributed by atoms with E-state index in [4.69, 9.17) is 10.6 Å². The van der Waals surface area contributed by atoms with Crippen LogP contribution in [-0.4, -0.2) is 34.9 Å². The summed E-state index contributed by atoms with van der Waals surface area (Å²) < 4.78 is 6.81. The molecule has 7 nitrogen and oxygen atoms in total. The maximum atomic E-state index is 11.7. The lowest BCUT2D eigenvalue weighted by molar-refractivity contribution is 0.0963. The Labute approximate surface area is 155 Å². The quantitative estimate of drug-likeness (QED) is 0.511. The van der Waals surface area contributed by atoms with Gasteiger partial charge in [-0.15, -0.1) is 10.2 Å². The van der Waals surface area contributed by atoms with Crippen LogP contribution in [0.4, 0.5) is 0 Å². The number of carbonyl (C=O) groups excluding carboxylic acids is 1. The highest BCUT2D eigenvalue weighted by Crippen LogP contribution is 2.30. The van der Waals surface area contributed by atoms with E-state index in [1.54, 1.807) is 20.2 Å². The van der Waals surface area contributed by atoms with E-state index in [1.807, 2.05) is 42.5 Å². The zero-order valence-electron chi connectivity index (χ0n) is 14.5. The van der Waals surface area contributed by atoms with Gasteiger partial charge < -0.3 is 15.9 Å². The molecule has 1 heterocycles. The molecule has 1 aromatic heterocycles. The Bertz CT molecular complexity index is 925. The Kier molecular flexibility index (Phi) is 5.43. The Morgan fingerprint density at radius 3 is 2.81 bits per heavy atom. The second kappa shape index (κ2) is 7.92. The van der Waals surface area contributed by atoms with E-state index in [0.29, 0.717) is 28.0 Å². The maximum Gasteiger partial charge on any atom is 0.251 e. The first-order valence-electron chi connectivity index (χ1n) is 7.91. The first kappa shape index (κ1) is 17.8. The van der Waals surface area contributed by atoms with Gasteiger partial charge in [0.25, 0.3) is 5.91 Å².